The smallest absolute Gasteiger partial charge is 0.466 e. The van der Waals surface area contributed by atoms with Gasteiger partial charge in [-0.25, -0.2) is 0 Å². The molecule has 0 saturated heterocycles. The van der Waals surface area contributed by atoms with E-state index in [-0.39, 0.29) is 30.8 Å². The van der Waals surface area contributed by atoms with Gasteiger partial charge in [-0.1, -0.05) is 0 Å². The van der Waals surface area contributed by atoms with Crippen LogP contribution in [0.1, 0.15) is 43.1 Å². The molecule has 0 aliphatic heterocycles. The van der Waals surface area contributed by atoms with Crippen molar-refractivity contribution in [3.8, 4) is 5.75 Å². The first-order valence-corrected chi connectivity index (χ1v) is 9.57. The van der Waals surface area contributed by atoms with E-state index in [4.69, 9.17) is 4.74 Å². The molecule has 1 atom stereocenters. The van der Waals surface area contributed by atoms with Gasteiger partial charge in [-0.15, -0.1) is 0 Å². The number of fused-ring (bicyclic) bond motifs is 1. The summed E-state index contributed by atoms with van der Waals surface area (Å²) in [6.07, 6.45) is 0.547. The van der Waals surface area contributed by atoms with Crippen molar-refractivity contribution >= 4 is 21.9 Å². The minimum Gasteiger partial charge on any atom is -0.466 e. The number of esters is 1. The number of benzene rings is 1. The van der Waals surface area contributed by atoms with Gasteiger partial charge in [-0.3, -0.25) is 9.59 Å². The summed E-state index contributed by atoms with van der Waals surface area (Å²) in [7, 11) is -5.79. The fourth-order valence-electron chi connectivity index (χ4n) is 3.01. The minimum absolute atomic E-state index is 0.175. The summed E-state index contributed by atoms with van der Waals surface area (Å²) >= 11 is 0. The molecule has 0 spiro atoms. The topological polar surface area (TPSA) is 86.7 Å². The Morgan fingerprint density at radius 3 is 2.44 bits per heavy atom. The van der Waals surface area contributed by atoms with Gasteiger partial charge in [-0.05, 0) is 57.4 Å². The molecule has 0 fully saturated rings. The Morgan fingerprint density at radius 1 is 1.26 bits per heavy atom. The highest BCUT2D eigenvalue weighted by atomic mass is 32.2. The van der Waals surface area contributed by atoms with E-state index in [9.17, 15) is 31.2 Å². The molecule has 0 N–H and O–H groups in total. The van der Waals surface area contributed by atoms with Gasteiger partial charge in [0.1, 0.15) is 5.75 Å². The second-order valence-corrected chi connectivity index (χ2v) is 8.24. The van der Waals surface area contributed by atoms with Crippen LogP contribution in [0.4, 0.5) is 13.2 Å². The Bertz CT molecular complexity index is 858. The average molecular weight is 408 g/mol. The van der Waals surface area contributed by atoms with Gasteiger partial charge in [0, 0.05) is 11.5 Å². The summed E-state index contributed by atoms with van der Waals surface area (Å²) in [6, 6.07) is 3.30. The predicted molar refractivity (Wildman–Crippen MR) is 88.6 cm³/mol. The first-order chi connectivity index (χ1) is 12.3. The van der Waals surface area contributed by atoms with Crippen molar-refractivity contribution < 1.29 is 40.1 Å². The molecule has 0 heterocycles. The third-order valence-corrected chi connectivity index (χ3v) is 5.50. The second kappa shape index (κ2) is 7.14. The molecule has 0 aromatic heterocycles. The fraction of sp³-hybridized carbons (Fsp3) is 0.529. The molecule has 0 saturated carbocycles. The van der Waals surface area contributed by atoms with Crippen molar-refractivity contribution in [1.29, 1.82) is 0 Å². The molecule has 2 rings (SSSR count). The predicted octanol–water partition coefficient (Wildman–Crippen LogP) is 3.25. The number of Topliss-reactive ketones (excluding diaryl/α,β-unsaturated/α-hetero) is 1. The lowest BCUT2D eigenvalue weighted by atomic mass is 9.68. The molecule has 27 heavy (non-hydrogen) atoms. The first kappa shape index (κ1) is 21.2. The molecule has 6 nitrogen and oxygen atoms in total. The van der Waals surface area contributed by atoms with E-state index >= 15 is 0 Å². The monoisotopic (exact) mass is 408 g/mol. The zero-order valence-corrected chi connectivity index (χ0v) is 15.7. The third kappa shape index (κ3) is 4.10. The van der Waals surface area contributed by atoms with E-state index in [1.807, 2.05) is 0 Å². The maximum Gasteiger partial charge on any atom is 0.534 e. The number of carbonyl (C=O) groups excluding carboxylic acids is 2. The molecular weight excluding hydrogens is 389 g/mol. The number of halogens is 3. The van der Waals surface area contributed by atoms with E-state index in [1.165, 1.54) is 6.07 Å². The molecule has 1 unspecified atom stereocenters. The molecule has 0 bridgehead atoms. The molecule has 1 aromatic carbocycles. The van der Waals surface area contributed by atoms with E-state index < -0.39 is 38.7 Å². The Balaban J connectivity index is 2.29. The maximum atomic E-state index is 12.8. The number of ketones is 1. The van der Waals surface area contributed by atoms with Gasteiger partial charge in [0.15, 0.2) is 5.78 Å². The fourth-order valence-corrected chi connectivity index (χ4v) is 3.46. The zero-order chi connectivity index (χ0) is 20.6. The lowest BCUT2D eigenvalue weighted by molar-refractivity contribution is -0.155. The summed E-state index contributed by atoms with van der Waals surface area (Å²) in [6.45, 7) is 5.04. The highest BCUT2D eigenvalue weighted by Crippen LogP contribution is 2.40. The molecule has 10 heteroatoms. The first-order valence-electron chi connectivity index (χ1n) is 8.16. The van der Waals surface area contributed by atoms with Crippen LogP contribution in [0.2, 0.25) is 0 Å². The van der Waals surface area contributed by atoms with Crippen molar-refractivity contribution in [2.45, 2.75) is 39.1 Å². The van der Waals surface area contributed by atoms with Crippen LogP contribution < -0.4 is 4.18 Å². The van der Waals surface area contributed by atoms with Gasteiger partial charge < -0.3 is 8.92 Å². The van der Waals surface area contributed by atoms with E-state index in [1.54, 1.807) is 20.8 Å². The Hall–Kier alpha value is -2.10. The lowest BCUT2D eigenvalue weighted by Crippen LogP contribution is -2.41. The normalized spacial score (nSPS) is 18.0. The zero-order valence-electron chi connectivity index (χ0n) is 14.9. The Morgan fingerprint density at radius 2 is 1.89 bits per heavy atom. The molecular formula is C17H19F3O6S. The quantitative estimate of drug-likeness (QED) is 0.422. The van der Waals surface area contributed by atoms with E-state index in [0.29, 0.717) is 5.56 Å². The van der Waals surface area contributed by atoms with Crippen LogP contribution in [0.5, 0.6) is 5.75 Å². The van der Waals surface area contributed by atoms with E-state index in [0.717, 1.165) is 12.1 Å². The van der Waals surface area contributed by atoms with Crippen LogP contribution in [0.25, 0.3) is 0 Å². The van der Waals surface area contributed by atoms with Crippen molar-refractivity contribution in [1.82, 2.24) is 0 Å². The number of alkyl halides is 3. The number of rotatable bonds is 5. The van der Waals surface area contributed by atoms with Crippen LogP contribution in [-0.2, 0) is 26.1 Å². The number of aryl methyl sites for hydroxylation is 1. The summed E-state index contributed by atoms with van der Waals surface area (Å²) in [4.78, 5) is 24.9. The number of ether oxygens (including phenoxy) is 1. The SMILES string of the molecule is CCOC(=O)C(C)(C)C1CCc2cc(OS(=O)(=O)C(F)(F)F)ccc2C1=O. The Kier molecular flexibility index (Phi) is 5.61. The van der Waals surface area contributed by atoms with Gasteiger partial charge in [0.05, 0.1) is 12.0 Å². The van der Waals surface area contributed by atoms with Crippen LogP contribution in [0.15, 0.2) is 18.2 Å². The second-order valence-electron chi connectivity index (χ2n) is 6.70. The molecule has 1 aliphatic rings. The Labute approximate surface area is 154 Å². The molecule has 0 amide bonds. The summed E-state index contributed by atoms with van der Waals surface area (Å²) in [5.74, 6) is -2.04. The number of hydrogen-bond donors (Lipinski definition) is 0. The van der Waals surface area contributed by atoms with Gasteiger partial charge in [0.2, 0.25) is 0 Å². The highest BCUT2D eigenvalue weighted by molar-refractivity contribution is 7.88. The van der Waals surface area contributed by atoms with Crippen LogP contribution in [0.3, 0.4) is 0 Å². The molecule has 1 aromatic rings. The minimum atomic E-state index is -5.79. The number of carbonyl (C=O) groups is 2. The van der Waals surface area contributed by atoms with Gasteiger partial charge in [-0.2, -0.15) is 21.6 Å². The number of hydrogen-bond acceptors (Lipinski definition) is 6. The van der Waals surface area contributed by atoms with Crippen molar-refractivity contribution in [3.05, 3.63) is 29.3 Å². The molecule has 150 valence electrons. The molecule has 0 radical (unpaired) electrons. The van der Waals surface area contributed by atoms with Crippen LogP contribution >= 0.6 is 0 Å². The largest absolute Gasteiger partial charge is 0.534 e. The molecule has 1 aliphatic carbocycles. The highest BCUT2D eigenvalue weighted by Gasteiger charge is 2.49. The average Bonchev–Trinajstić information content (AvgIpc) is 2.53. The van der Waals surface area contributed by atoms with E-state index in [2.05, 4.69) is 4.18 Å². The van der Waals surface area contributed by atoms with Crippen molar-refractivity contribution in [3.63, 3.8) is 0 Å². The summed E-state index contributed by atoms with van der Waals surface area (Å²) in [5.41, 5.74) is -6.03. The van der Waals surface area contributed by atoms with Crippen LogP contribution in [-0.4, -0.2) is 32.3 Å². The van der Waals surface area contributed by atoms with Gasteiger partial charge >= 0.3 is 21.6 Å². The standard InChI is InChI=1S/C17H19F3O6S/c1-4-25-15(22)16(2,3)13-8-5-10-9-11(6-7-12(10)14(13)21)26-27(23,24)17(18,19)20/h6-7,9,13H,4-5,8H2,1-3H3. The lowest BCUT2D eigenvalue weighted by Gasteiger charge is -2.34. The maximum absolute atomic E-state index is 12.8. The van der Waals surface area contributed by atoms with Gasteiger partial charge in [0.25, 0.3) is 0 Å². The summed E-state index contributed by atoms with van der Waals surface area (Å²) < 4.78 is 68.6. The van der Waals surface area contributed by atoms with Crippen LogP contribution in [0, 0.1) is 11.3 Å². The van der Waals surface area contributed by atoms with Crippen molar-refractivity contribution in [2.75, 3.05) is 6.61 Å². The van der Waals surface area contributed by atoms with Crippen molar-refractivity contribution in [2.24, 2.45) is 11.3 Å². The summed E-state index contributed by atoms with van der Waals surface area (Å²) in [5, 5.41) is 0. The third-order valence-electron chi connectivity index (χ3n) is 4.52.